The maximum Gasteiger partial charge on any atom is 0.126 e. The molecule has 0 aliphatic heterocycles. The molecule has 0 heterocycles. The molecule has 0 saturated carbocycles. The molecule has 2 aromatic rings. The van der Waals surface area contributed by atoms with Crippen LogP contribution in [0.1, 0.15) is 23.6 Å². The fraction of sp³-hybridized carbons (Fsp3) is 0.278. The Morgan fingerprint density at radius 1 is 1.05 bits per heavy atom. The molecule has 0 bridgehead atoms. The minimum absolute atomic E-state index is 0.494. The van der Waals surface area contributed by atoms with Gasteiger partial charge in [0.1, 0.15) is 11.6 Å². The molecule has 2 nitrogen and oxygen atoms in total. The SMILES string of the molecule is CCN(C)C=Nc1ccc(Cc2cc(F)cc(F)c2)cc1C. The predicted molar refractivity (Wildman–Crippen MR) is 86.8 cm³/mol. The van der Waals surface area contributed by atoms with E-state index in [1.165, 1.54) is 12.1 Å². The summed E-state index contributed by atoms with van der Waals surface area (Å²) >= 11 is 0. The number of rotatable bonds is 5. The fourth-order valence-corrected chi connectivity index (χ4v) is 2.16. The Morgan fingerprint density at radius 3 is 2.32 bits per heavy atom. The molecule has 4 heteroatoms. The van der Waals surface area contributed by atoms with Gasteiger partial charge in [0.15, 0.2) is 0 Å². The summed E-state index contributed by atoms with van der Waals surface area (Å²) in [4.78, 5) is 6.42. The van der Waals surface area contributed by atoms with Crippen molar-refractivity contribution in [2.24, 2.45) is 4.99 Å². The van der Waals surface area contributed by atoms with Crippen LogP contribution in [0.4, 0.5) is 14.5 Å². The molecule has 0 aliphatic carbocycles. The summed E-state index contributed by atoms with van der Waals surface area (Å²) < 4.78 is 26.4. The molecule has 0 spiro atoms. The molecule has 0 fully saturated rings. The molecule has 0 radical (unpaired) electrons. The van der Waals surface area contributed by atoms with Crippen LogP contribution in [0.15, 0.2) is 41.4 Å². The van der Waals surface area contributed by atoms with Crippen molar-refractivity contribution in [3.8, 4) is 0 Å². The Kier molecular flexibility index (Phi) is 5.26. The summed E-state index contributed by atoms with van der Waals surface area (Å²) in [5.41, 5.74) is 3.56. The van der Waals surface area contributed by atoms with Crippen molar-refractivity contribution in [2.75, 3.05) is 13.6 Å². The number of hydrogen-bond acceptors (Lipinski definition) is 1. The Morgan fingerprint density at radius 2 is 1.73 bits per heavy atom. The van der Waals surface area contributed by atoms with E-state index in [0.717, 1.165) is 29.4 Å². The minimum atomic E-state index is -0.546. The van der Waals surface area contributed by atoms with E-state index in [9.17, 15) is 8.78 Å². The third-order valence-electron chi connectivity index (χ3n) is 3.48. The highest BCUT2D eigenvalue weighted by molar-refractivity contribution is 5.63. The van der Waals surface area contributed by atoms with E-state index in [0.29, 0.717) is 12.0 Å². The molecule has 0 aromatic heterocycles. The summed E-state index contributed by atoms with van der Waals surface area (Å²) in [6.07, 6.45) is 2.29. The second-order valence-electron chi connectivity index (χ2n) is 5.39. The van der Waals surface area contributed by atoms with Crippen LogP contribution in [-0.2, 0) is 6.42 Å². The number of aliphatic imine (C=N–C) groups is 1. The van der Waals surface area contributed by atoms with Gasteiger partial charge in [0.2, 0.25) is 0 Å². The van der Waals surface area contributed by atoms with Crippen LogP contribution in [0.25, 0.3) is 0 Å². The molecule has 0 unspecified atom stereocenters. The van der Waals surface area contributed by atoms with Crippen LogP contribution in [0.3, 0.4) is 0 Å². The minimum Gasteiger partial charge on any atom is -0.366 e. The molecular formula is C18H20F2N2. The maximum absolute atomic E-state index is 13.2. The summed E-state index contributed by atoms with van der Waals surface area (Å²) in [7, 11) is 1.96. The van der Waals surface area contributed by atoms with E-state index in [1.54, 1.807) is 6.34 Å². The summed E-state index contributed by atoms with van der Waals surface area (Å²) in [5.74, 6) is -1.09. The number of benzene rings is 2. The zero-order valence-corrected chi connectivity index (χ0v) is 13.1. The normalized spacial score (nSPS) is 11.1. The first-order chi connectivity index (χ1) is 10.5. The number of hydrogen-bond donors (Lipinski definition) is 0. The number of aryl methyl sites for hydroxylation is 1. The van der Waals surface area contributed by atoms with Crippen LogP contribution in [-0.4, -0.2) is 24.8 Å². The second kappa shape index (κ2) is 7.16. The van der Waals surface area contributed by atoms with Gasteiger partial charge in [-0.05, 0) is 55.2 Å². The van der Waals surface area contributed by atoms with Gasteiger partial charge < -0.3 is 4.90 Å². The molecule has 0 atom stereocenters. The fourth-order valence-electron chi connectivity index (χ4n) is 2.16. The van der Waals surface area contributed by atoms with Gasteiger partial charge in [0.25, 0.3) is 0 Å². The monoisotopic (exact) mass is 302 g/mol. The molecule has 0 N–H and O–H groups in total. The van der Waals surface area contributed by atoms with Crippen LogP contribution in [0.5, 0.6) is 0 Å². The Labute approximate surface area is 130 Å². The lowest BCUT2D eigenvalue weighted by Gasteiger charge is -2.10. The highest BCUT2D eigenvalue weighted by atomic mass is 19.1. The average Bonchev–Trinajstić information content (AvgIpc) is 2.45. The summed E-state index contributed by atoms with van der Waals surface area (Å²) in [6.45, 7) is 4.93. The lowest BCUT2D eigenvalue weighted by molar-refractivity contribution is 0.552. The van der Waals surface area contributed by atoms with Crippen molar-refractivity contribution in [1.29, 1.82) is 0 Å². The first-order valence-corrected chi connectivity index (χ1v) is 7.27. The van der Waals surface area contributed by atoms with E-state index >= 15 is 0 Å². The van der Waals surface area contributed by atoms with Crippen molar-refractivity contribution in [1.82, 2.24) is 4.90 Å². The van der Waals surface area contributed by atoms with Crippen LogP contribution in [0.2, 0.25) is 0 Å². The number of nitrogens with zero attached hydrogens (tertiary/aromatic N) is 2. The maximum atomic E-state index is 13.2. The Balaban J connectivity index is 2.17. The Hall–Kier alpha value is -2.23. The third kappa shape index (κ3) is 4.38. The topological polar surface area (TPSA) is 15.6 Å². The van der Waals surface area contributed by atoms with E-state index < -0.39 is 11.6 Å². The van der Waals surface area contributed by atoms with Gasteiger partial charge >= 0.3 is 0 Å². The van der Waals surface area contributed by atoms with Gasteiger partial charge in [-0.25, -0.2) is 13.8 Å². The molecule has 116 valence electrons. The quantitative estimate of drug-likeness (QED) is 0.587. The smallest absolute Gasteiger partial charge is 0.126 e. The number of halogens is 2. The molecular weight excluding hydrogens is 282 g/mol. The zero-order valence-electron chi connectivity index (χ0n) is 13.1. The largest absolute Gasteiger partial charge is 0.366 e. The van der Waals surface area contributed by atoms with E-state index in [1.807, 2.05) is 37.1 Å². The first kappa shape index (κ1) is 16.1. The highest BCUT2D eigenvalue weighted by Gasteiger charge is 2.04. The average molecular weight is 302 g/mol. The van der Waals surface area contributed by atoms with Gasteiger partial charge in [0.05, 0.1) is 12.0 Å². The summed E-state index contributed by atoms with van der Waals surface area (Å²) in [6, 6.07) is 9.48. The summed E-state index contributed by atoms with van der Waals surface area (Å²) in [5, 5.41) is 0. The molecule has 22 heavy (non-hydrogen) atoms. The third-order valence-corrected chi connectivity index (χ3v) is 3.48. The van der Waals surface area contributed by atoms with Gasteiger partial charge in [-0.1, -0.05) is 12.1 Å². The lowest BCUT2D eigenvalue weighted by atomic mass is 10.0. The molecule has 2 rings (SSSR count). The standard InChI is InChI=1S/C18H20F2N2/c1-4-22(3)12-21-18-6-5-14(7-13(18)2)8-15-9-16(19)11-17(20)10-15/h5-7,9-12H,4,8H2,1-3H3. The lowest BCUT2D eigenvalue weighted by Crippen LogP contribution is -2.14. The van der Waals surface area contributed by atoms with E-state index in [-0.39, 0.29) is 0 Å². The van der Waals surface area contributed by atoms with E-state index in [4.69, 9.17) is 0 Å². The highest BCUT2D eigenvalue weighted by Crippen LogP contribution is 2.21. The van der Waals surface area contributed by atoms with E-state index in [2.05, 4.69) is 11.9 Å². The van der Waals surface area contributed by atoms with Crippen LogP contribution < -0.4 is 0 Å². The van der Waals surface area contributed by atoms with Crippen molar-refractivity contribution in [2.45, 2.75) is 20.3 Å². The van der Waals surface area contributed by atoms with Crippen molar-refractivity contribution < 1.29 is 8.78 Å². The van der Waals surface area contributed by atoms with Crippen molar-refractivity contribution in [3.05, 3.63) is 64.7 Å². The second-order valence-corrected chi connectivity index (χ2v) is 5.39. The molecule has 0 saturated heterocycles. The predicted octanol–water partition coefficient (Wildman–Crippen LogP) is 4.48. The van der Waals surface area contributed by atoms with Crippen molar-refractivity contribution >= 4 is 12.0 Å². The van der Waals surface area contributed by atoms with Crippen LogP contribution in [0, 0.1) is 18.6 Å². The Bertz CT molecular complexity index is 661. The van der Waals surface area contributed by atoms with Gasteiger partial charge in [-0.15, -0.1) is 0 Å². The molecule has 0 amide bonds. The van der Waals surface area contributed by atoms with Gasteiger partial charge in [-0.3, -0.25) is 0 Å². The molecule has 2 aromatic carbocycles. The van der Waals surface area contributed by atoms with Gasteiger partial charge in [0, 0.05) is 19.7 Å². The molecule has 0 aliphatic rings. The van der Waals surface area contributed by atoms with Crippen molar-refractivity contribution in [3.63, 3.8) is 0 Å². The first-order valence-electron chi connectivity index (χ1n) is 7.27. The van der Waals surface area contributed by atoms with Gasteiger partial charge in [-0.2, -0.15) is 0 Å². The zero-order chi connectivity index (χ0) is 16.1. The van der Waals surface area contributed by atoms with Crippen LogP contribution >= 0.6 is 0 Å².